The maximum Gasteiger partial charge on any atom is 0.303 e. The quantitative estimate of drug-likeness (QED) is 0.509. The van der Waals surface area contributed by atoms with E-state index in [1.165, 1.54) is 19.1 Å². The molecule has 0 amide bonds. The van der Waals surface area contributed by atoms with Crippen molar-refractivity contribution in [3.05, 3.63) is 30.1 Å². The van der Waals surface area contributed by atoms with Crippen LogP contribution in [-0.2, 0) is 19.0 Å². The number of esters is 1. The fraction of sp³-hybridized carbons (Fsp3) is 0.611. The minimum absolute atomic E-state index is 0.110. The molecule has 6 heteroatoms. The third kappa shape index (κ3) is 7.27. The van der Waals surface area contributed by atoms with Crippen molar-refractivity contribution in [1.29, 1.82) is 0 Å². The zero-order valence-electron chi connectivity index (χ0n) is 14.0. The molecular formula is C18H25FO5. The highest BCUT2D eigenvalue weighted by molar-refractivity contribution is 5.66. The summed E-state index contributed by atoms with van der Waals surface area (Å²) in [5, 5.41) is 0. The first kappa shape index (κ1) is 18.7. The van der Waals surface area contributed by atoms with Crippen LogP contribution >= 0.6 is 0 Å². The van der Waals surface area contributed by atoms with E-state index < -0.39 is 0 Å². The van der Waals surface area contributed by atoms with Gasteiger partial charge in [-0.2, -0.15) is 0 Å². The van der Waals surface area contributed by atoms with E-state index in [9.17, 15) is 9.18 Å². The lowest BCUT2D eigenvalue weighted by atomic mass is 10.2. The van der Waals surface area contributed by atoms with Crippen molar-refractivity contribution in [3.63, 3.8) is 0 Å². The van der Waals surface area contributed by atoms with Crippen LogP contribution in [0.3, 0.4) is 0 Å². The van der Waals surface area contributed by atoms with Crippen molar-refractivity contribution < 1.29 is 28.1 Å². The highest BCUT2D eigenvalue weighted by Gasteiger charge is 2.16. The second kappa shape index (κ2) is 10.3. The van der Waals surface area contributed by atoms with Gasteiger partial charge in [0, 0.05) is 20.1 Å². The fourth-order valence-corrected chi connectivity index (χ4v) is 2.50. The Morgan fingerprint density at radius 3 is 2.79 bits per heavy atom. The topological polar surface area (TPSA) is 54.0 Å². The van der Waals surface area contributed by atoms with Gasteiger partial charge in [-0.3, -0.25) is 4.79 Å². The van der Waals surface area contributed by atoms with Gasteiger partial charge in [0.2, 0.25) is 0 Å². The average Bonchev–Trinajstić information content (AvgIpc) is 2.58. The number of carbonyl (C=O) groups excluding carboxylic acids is 1. The number of carbonyl (C=O) groups is 1. The molecule has 1 aliphatic heterocycles. The van der Waals surface area contributed by atoms with Crippen molar-refractivity contribution in [2.45, 2.75) is 51.4 Å². The number of rotatable bonds is 9. The van der Waals surface area contributed by atoms with E-state index in [4.69, 9.17) is 18.9 Å². The lowest BCUT2D eigenvalue weighted by Gasteiger charge is -2.23. The molecule has 0 bridgehead atoms. The Labute approximate surface area is 142 Å². The fourth-order valence-electron chi connectivity index (χ4n) is 2.50. The van der Waals surface area contributed by atoms with Gasteiger partial charge in [-0.15, -0.1) is 0 Å². The van der Waals surface area contributed by atoms with Crippen molar-refractivity contribution in [1.82, 2.24) is 0 Å². The Bertz CT molecular complexity index is 485. The molecule has 2 rings (SSSR count). The van der Waals surface area contributed by atoms with E-state index in [1.807, 2.05) is 0 Å². The van der Waals surface area contributed by atoms with Crippen molar-refractivity contribution in [2.75, 3.05) is 19.8 Å². The molecule has 1 aromatic carbocycles. The molecule has 0 saturated carbocycles. The maximum absolute atomic E-state index is 12.9. The molecular weight excluding hydrogens is 315 g/mol. The molecule has 1 heterocycles. The van der Waals surface area contributed by atoms with Crippen LogP contribution in [0.5, 0.6) is 5.75 Å². The summed E-state index contributed by atoms with van der Waals surface area (Å²) < 4.78 is 34.9. The maximum atomic E-state index is 12.9. The van der Waals surface area contributed by atoms with Crippen molar-refractivity contribution >= 4 is 5.97 Å². The number of hydrogen-bond donors (Lipinski definition) is 0. The van der Waals surface area contributed by atoms with Gasteiger partial charge in [0.25, 0.3) is 0 Å². The molecule has 1 aliphatic rings. The third-order valence-corrected chi connectivity index (χ3v) is 3.69. The average molecular weight is 340 g/mol. The summed E-state index contributed by atoms with van der Waals surface area (Å²) in [4.78, 5) is 11.2. The Balaban J connectivity index is 1.69. The Kier molecular flexibility index (Phi) is 7.98. The van der Waals surface area contributed by atoms with Crippen LogP contribution < -0.4 is 4.74 Å². The standard InChI is InChI=1S/C18H25FO5/c1-14(20)24-17(13-23-16-9-7-15(19)8-10-16)5-4-12-22-18-6-2-3-11-21-18/h7-10,17-18H,2-6,11-13H2,1H3. The van der Waals surface area contributed by atoms with Crippen molar-refractivity contribution in [2.24, 2.45) is 0 Å². The Morgan fingerprint density at radius 1 is 1.33 bits per heavy atom. The molecule has 24 heavy (non-hydrogen) atoms. The minimum atomic E-state index is -0.358. The van der Waals surface area contributed by atoms with Crippen LogP contribution in [0.15, 0.2) is 24.3 Å². The van der Waals surface area contributed by atoms with Gasteiger partial charge in [-0.1, -0.05) is 0 Å². The highest BCUT2D eigenvalue weighted by atomic mass is 19.1. The second-order valence-electron chi connectivity index (χ2n) is 5.81. The van der Waals surface area contributed by atoms with Crippen LogP contribution in [0.25, 0.3) is 0 Å². The van der Waals surface area contributed by atoms with Crippen LogP contribution in [0.1, 0.15) is 39.0 Å². The van der Waals surface area contributed by atoms with Gasteiger partial charge in [0.05, 0.1) is 0 Å². The monoisotopic (exact) mass is 340 g/mol. The SMILES string of the molecule is CC(=O)OC(CCCOC1CCCCO1)COc1ccc(F)cc1. The van der Waals surface area contributed by atoms with Gasteiger partial charge in [0.1, 0.15) is 24.3 Å². The summed E-state index contributed by atoms with van der Waals surface area (Å²) in [6.45, 7) is 2.91. The first-order valence-electron chi connectivity index (χ1n) is 8.42. The molecule has 0 N–H and O–H groups in total. The molecule has 0 aromatic heterocycles. The third-order valence-electron chi connectivity index (χ3n) is 3.69. The molecule has 2 atom stereocenters. The molecule has 1 saturated heterocycles. The molecule has 0 radical (unpaired) electrons. The number of ether oxygens (including phenoxy) is 4. The summed E-state index contributed by atoms with van der Waals surface area (Å²) in [5.41, 5.74) is 0. The number of hydrogen-bond acceptors (Lipinski definition) is 5. The van der Waals surface area contributed by atoms with Gasteiger partial charge < -0.3 is 18.9 Å². The smallest absolute Gasteiger partial charge is 0.303 e. The lowest BCUT2D eigenvalue weighted by molar-refractivity contribution is -0.165. The summed E-state index contributed by atoms with van der Waals surface area (Å²) in [5.74, 6) is -0.124. The highest BCUT2D eigenvalue weighted by Crippen LogP contribution is 2.16. The molecule has 1 fully saturated rings. The molecule has 134 valence electrons. The van der Waals surface area contributed by atoms with Crippen LogP contribution in [-0.4, -0.2) is 38.2 Å². The summed E-state index contributed by atoms with van der Waals surface area (Å²) in [6, 6.07) is 5.75. The number of halogens is 1. The van der Waals surface area contributed by atoms with E-state index in [1.54, 1.807) is 12.1 Å². The molecule has 0 aliphatic carbocycles. The van der Waals surface area contributed by atoms with E-state index in [0.717, 1.165) is 32.3 Å². The zero-order valence-corrected chi connectivity index (χ0v) is 14.0. The zero-order chi connectivity index (χ0) is 17.2. The summed E-state index contributed by atoms with van der Waals surface area (Å²) in [6.07, 6.45) is 4.06. The largest absolute Gasteiger partial charge is 0.490 e. The first-order chi connectivity index (χ1) is 11.6. The van der Waals surface area contributed by atoms with Crippen LogP contribution in [0.4, 0.5) is 4.39 Å². The normalized spacial score (nSPS) is 18.8. The molecule has 2 unspecified atom stereocenters. The van der Waals surface area contributed by atoms with E-state index in [2.05, 4.69) is 0 Å². The van der Waals surface area contributed by atoms with Gasteiger partial charge in [-0.25, -0.2) is 4.39 Å². The summed E-state index contributed by atoms with van der Waals surface area (Å²) in [7, 11) is 0. The first-order valence-corrected chi connectivity index (χ1v) is 8.42. The van der Waals surface area contributed by atoms with Gasteiger partial charge in [-0.05, 0) is 56.4 Å². The Hall–Kier alpha value is -1.66. The molecule has 0 spiro atoms. The van der Waals surface area contributed by atoms with Crippen LogP contribution in [0.2, 0.25) is 0 Å². The van der Waals surface area contributed by atoms with E-state index >= 15 is 0 Å². The predicted octanol–water partition coefficient (Wildman–Crippen LogP) is 3.46. The molecule has 5 nitrogen and oxygen atoms in total. The minimum Gasteiger partial charge on any atom is -0.490 e. The Morgan fingerprint density at radius 2 is 2.12 bits per heavy atom. The van der Waals surface area contributed by atoms with E-state index in [0.29, 0.717) is 18.8 Å². The summed E-state index contributed by atoms with van der Waals surface area (Å²) >= 11 is 0. The van der Waals surface area contributed by atoms with Gasteiger partial charge in [0.15, 0.2) is 6.29 Å². The second-order valence-corrected chi connectivity index (χ2v) is 5.81. The van der Waals surface area contributed by atoms with Crippen molar-refractivity contribution in [3.8, 4) is 5.75 Å². The van der Waals surface area contributed by atoms with E-state index in [-0.39, 0.29) is 30.8 Å². The number of benzene rings is 1. The van der Waals surface area contributed by atoms with Crippen LogP contribution in [0, 0.1) is 5.82 Å². The molecule has 1 aromatic rings. The predicted molar refractivity (Wildman–Crippen MR) is 86.2 cm³/mol. The van der Waals surface area contributed by atoms with Gasteiger partial charge >= 0.3 is 5.97 Å². The lowest BCUT2D eigenvalue weighted by Crippen LogP contribution is -2.26.